The summed E-state index contributed by atoms with van der Waals surface area (Å²) in [5.74, 6) is 0. The maximum Gasteiger partial charge on any atom is 0.216 e. The fraction of sp³-hybridized carbons (Fsp3) is 0.250. The third-order valence-corrected chi connectivity index (χ3v) is 8.27. The maximum atomic E-state index is 6.27. The van der Waals surface area contributed by atoms with Gasteiger partial charge in [-0.3, -0.25) is 0 Å². The molecule has 0 amide bonds. The molecule has 0 saturated carbocycles. The molecule has 0 saturated heterocycles. The molecule has 7 aromatic rings. The van der Waals surface area contributed by atoms with E-state index >= 15 is 0 Å². The van der Waals surface area contributed by atoms with Crippen molar-refractivity contribution in [2.75, 3.05) is 0 Å². The summed E-state index contributed by atoms with van der Waals surface area (Å²) in [6.07, 6.45) is 5.61. The van der Waals surface area contributed by atoms with Gasteiger partial charge in [-0.1, -0.05) is 114 Å². The normalized spacial score (nSPS) is 11.6. The molecule has 251 valence electrons. The van der Waals surface area contributed by atoms with Crippen molar-refractivity contribution < 1.29 is 24.5 Å². The molecule has 0 fully saturated rings. The topological polar surface area (TPSA) is 51.8 Å². The number of aromatic nitrogens is 3. The molecule has 0 unspecified atom stereocenters. The smallest absolute Gasteiger partial charge is 0.216 e. The van der Waals surface area contributed by atoms with Gasteiger partial charge < -0.3 is 14.4 Å². The Morgan fingerprint density at radius 2 is 1.53 bits per heavy atom. The van der Waals surface area contributed by atoms with Crippen LogP contribution in [0.15, 0.2) is 114 Å². The van der Waals surface area contributed by atoms with Gasteiger partial charge >= 0.3 is 0 Å². The van der Waals surface area contributed by atoms with E-state index in [1.807, 2.05) is 36.7 Å². The Morgan fingerprint density at radius 3 is 2.20 bits per heavy atom. The summed E-state index contributed by atoms with van der Waals surface area (Å²) in [5.41, 5.74) is 11.6. The second kappa shape index (κ2) is 15.0. The van der Waals surface area contributed by atoms with Crippen LogP contribution in [0, 0.1) is 24.5 Å². The average Bonchev–Trinajstić information content (AvgIpc) is 3.43. The largest absolute Gasteiger partial charge is 0.486 e. The molecular weight excluding hydrogens is 779 g/mol. The zero-order valence-electron chi connectivity index (χ0n) is 29.4. The van der Waals surface area contributed by atoms with E-state index in [0.717, 1.165) is 57.4 Å². The monoisotopic (exact) mass is 822 g/mol. The molecule has 0 bridgehead atoms. The van der Waals surface area contributed by atoms with Gasteiger partial charge in [0.2, 0.25) is 5.71 Å². The first kappa shape index (κ1) is 35.9. The molecule has 0 aliphatic rings. The van der Waals surface area contributed by atoms with Gasteiger partial charge in [0.25, 0.3) is 0 Å². The summed E-state index contributed by atoms with van der Waals surface area (Å²) in [7, 11) is 0. The van der Waals surface area contributed by atoms with Crippen LogP contribution in [0.4, 0.5) is 0 Å². The number of hydrogen-bond donors (Lipinski definition) is 0. The van der Waals surface area contributed by atoms with Crippen LogP contribution in [-0.2, 0) is 38.4 Å². The molecule has 4 heterocycles. The van der Waals surface area contributed by atoms with Crippen LogP contribution in [-0.4, -0.2) is 15.0 Å². The van der Waals surface area contributed by atoms with Crippen LogP contribution in [0.2, 0.25) is 0 Å². The first-order valence-electron chi connectivity index (χ1n) is 16.6. The Bertz CT molecular complexity index is 2140. The van der Waals surface area contributed by atoms with Gasteiger partial charge in [-0.15, -0.1) is 53.6 Å². The van der Waals surface area contributed by atoms with Gasteiger partial charge in [0.05, 0.1) is 5.58 Å². The Balaban J connectivity index is 0.000000221. The molecule has 49 heavy (non-hydrogen) atoms. The predicted molar refractivity (Wildman–Crippen MR) is 198 cm³/mol. The van der Waals surface area contributed by atoms with Crippen LogP contribution >= 0.6 is 0 Å². The number of hydrogen-bond acceptors (Lipinski definition) is 4. The molecule has 0 atom stereocenters. The molecule has 3 aromatic carbocycles. The van der Waals surface area contributed by atoms with Crippen LogP contribution in [0.3, 0.4) is 0 Å². The Morgan fingerprint density at radius 1 is 0.735 bits per heavy atom. The summed E-state index contributed by atoms with van der Waals surface area (Å²) in [5, 5.41) is 2.07. The number of benzene rings is 3. The molecule has 4 nitrogen and oxygen atoms in total. The van der Waals surface area contributed by atoms with Crippen molar-refractivity contribution >= 4 is 22.1 Å². The first-order valence-corrected chi connectivity index (χ1v) is 16.6. The third-order valence-electron chi connectivity index (χ3n) is 8.27. The van der Waals surface area contributed by atoms with E-state index in [-0.39, 0.29) is 30.9 Å². The Kier molecular flexibility index (Phi) is 11.0. The van der Waals surface area contributed by atoms with Crippen molar-refractivity contribution in [2.45, 2.75) is 66.7 Å². The van der Waals surface area contributed by atoms with Gasteiger partial charge in [-0.05, 0) is 58.0 Å². The fourth-order valence-electron chi connectivity index (χ4n) is 5.75. The van der Waals surface area contributed by atoms with Crippen LogP contribution in [0.5, 0.6) is 0 Å². The minimum absolute atomic E-state index is 0. The van der Waals surface area contributed by atoms with E-state index in [1.165, 1.54) is 22.3 Å². The molecule has 7 rings (SSSR count). The number of rotatable bonds is 5. The molecular formula is C44H43IrN3O-2. The standard InChI is InChI=1S/C28H25N2O.C16H18N.Ir/c1-28(2,3)18-20-14-15-29-25(17-20)24-11-7-10-22-23-13-12-21(30-27(23)31-26(22)24)16-19-8-5-4-6-9-19;1-12-5-7-13(8-6-12)15-10-9-14(11-17-15)16(2,3)4;/h4-10,12-15,17H,16,18H2,1-3H3;5-7,9-11H,1-4H3;/q2*-1;. The van der Waals surface area contributed by atoms with Crippen molar-refractivity contribution in [3.63, 3.8) is 0 Å². The second-order valence-electron chi connectivity index (χ2n) is 14.8. The quantitative estimate of drug-likeness (QED) is 0.162. The zero-order valence-corrected chi connectivity index (χ0v) is 31.8. The Hall–Kier alpha value is -4.44. The molecule has 0 aliphatic heterocycles. The van der Waals surface area contributed by atoms with Crippen LogP contribution in [0.1, 0.15) is 69.5 Å². The molecule has 0 spiro atoms. The summed E-state index contributed by atoms with van der Waals surface area (Å²) in [6, 6.07) is 39.8. The van der Waals surface area contributed by atoms with Crippen LogP contribution in [0.25, 0.3) is 44.6 Å². The number of aryl methyl sites for hydroxylation is 1. The SMILES string of the molecule is CC(C)(C)Cc1ccnc(-c2[c-]ccc3c2oc2nc(Cc4ccccc4)ccc23)c1.Cc1c[c-]c(-c2ccc(C(C)(C)C)cn2)cc1.[Ir]. The van der Waals surface area contributed by atoms with Gasteiger partial charge in [-0.25, -0.2) is 4.98 Å². The maximum absolute atomic E-state index is 6.27. The summed E-state index contributed by atoms with van der Waals surface area (Å²) in [4.78, 5) is 13.9. The van der Waals surface area contributed by atoms with Crippen molar-refractivity contribution in [2.24, 2.45) is 5.41 Å². The summed E-state index contributed by atoms with van der Waals surface area (Å²) in [6.45, 7) is 15.4. The van der Waals surface area contributed by atoms with E-state index in [0.29, 0.717) is 5.71 Å². The molecule has 5 heteroatoms. The summed E-state index contributed by atoms with van der Waals surface area (Å²) >= 11 is 0. The van der Waals surface area contributed by atoms with Crippen molar-refractivity contribution in [3.05, 3.63) is 150 Å². The number of nitrogens with zero attached hydrogens (tertiary/aromatic N) is 3. The molecule has 1 radical (unpaired) electrons. The third kappa shape index (κ3) is 8.97. The average molecular weight is 822 g/mol. The van der Waals surface area contributed by atoms with Crippen molar-refractivity contribution in [1.29, 1.82) is 0 Å². The fourth-order valence-corrected chi connectivity index (χ4v) is 5.75. The van der Waals surface area contributed by atoms with Gasteiger partial charge in [0.1, 0.15) is 0 Å². The number of pyridine rings is 3. The van der Waals surface area contributed by atoms with E-state index in [9.17, 15) is 0 Å². The first-order chi connectivity index (χ1) is 22.9. The summed E-state index contributed by atoms with van der Waals surface area (Å²) < 4.78 is 6.27. The van der Waals surface area contributed by atoms with Gasteiger partial charge in [-0.2, -0.15) is 0 Å². The van der Waals surface area contributed by atoms with E-state index in [2.05, 4.69) is 143 Å². The van der Waals surface area contributed by atoms with E-state index in [4.69, 9.17) is 9.40 Å². The molecule has 0 aliphatic carbocycles. The Labute approximate surface area is 304 Å². The van der Waals surface area contributed by atoms with Crippen molar-refractivity contribution in [1.82, 2.24) is 15.0 Å². The van der Waals surface area contributed by atoms with E-state index in [1.54, 1.807) is 0 Å². The molecule has 0 N–H and O–H groups in total. The molecule has 4 aromatic heterocycles. The van der Waals surface area contributed by atoms with Gasteiger partial charge in [0.15, 0.2) is 0 Å². The van der Waals surface area contributed by atoms with Crippen molar-refractivity contribution in [3.8, 4) is 22.5 Å². The zero-order chi connectivity index (χ0) is 33.9. The predicted octanol–water partition coefficient (Wildman–Crippen LogP) is 11.2. The second-order valence-corrected chi connectivity index (χ2v) is 14.8. The van der Waals surface area contributed by atoms with Crippen LogP contribution < -0.4 is 0 Å². The number of fused-ring (bicyclic) bond motifs is 3. The number of furan rings is 1. The van der Waals surface area contributed by atoms with Gasteiger partial charge in [0, 0.05) is 50.0 Å². The minimum atomic E-state index is 0. The van der Waals surface area contributed by atoms with E-state index < -0.39 is 0 Å². The minimum Gasteiger partial charge on any atom is -0.486 e.